The fourth-order valence-electron chi connectivity index (χ4n) is 4.83. The molecule has 7 nitrogen and oxygen atoms in total. The highest BCUT2D eigenvalue weighted by Gasteiger charge is 2.37. The van der Waals surface area contributed by atoms with Gasteiger partial charge in [-0.05, 0) is 43.7 Å². The summed E-state index contributed by atoms with van der Waals surface area (Å²) in [7, 11) is 0. The molecule has 3 aliphatic rings. The number of hydrogen-bond donors (Lipinski definition) is 1. The summed E-state index contributed by atoms with van der Waals surface area (Å²) in [5.41, 5.74) is 0. The predicted octanol–water partition coefficient (Wildman–Crippen LogP) is 1.89. The second-order valence-electron chi connectivity index (χ2n) is 8.18. The van der Waals surface area contributed by atoms with E-state index in [1.807, 2.05) is 4.90 Å². The molecule has 0 bridgehead atoms. The van der Waals surface area contributed by atoms with Crippen molar-refractivity contribution in [1.82, 2.24) is 15.1 Å². The SMILES string of the molecule is O=C(NCC1CCCO1)C(C1CCCC1)N1CCN(C(=O)c2ccco2)CC1. The van der Waals surface area contributed by atoms with E-state index >= 15 is 0 Å². The van der Waals surface area contributed by atoms with E-state index in [0.717, 1.165) is 45.4 Å². The van der Waals surface area contributed by atoms with Gasteiger partial charge in [0.2, 0.25) is 5.91 Å². The van der Waals surface area contributed by atoms with E-state index in [4.69, 9.17) is 9.15 Å². The zero-order chi connectivity index (χ0) is 19.3. The first-order chi connectivity index (χ1) is 13.7. The Balaban J connectivity index is 1.35. The van der Waals surface area contributed by atoms with E-state index < -0.39 is 0 Å². The third kappa shape index (κ3) is 4.41. The monoisotopic (exact) mass is 389 g/mol. The number of carbonyl (C=O) groups excluding carboxylic acids is 2. The van der Waals surface area contributed by atoms with Gasteiger partial charge in [-0.3, -0.25) is 14.5 Å². The Labute approximate surface area is 166 Å². The van der Waals surface area contributed by atoms with Crippen molar-refractivity contribution in [3.05, 3.63) is 24.2 Å². The Morgan fingerprint density at radius 2 is 1.89 bits per heavy atom. The molecule has 0 aromatic carbocycles. The Morgan fingerprint density at radius 1 is 1.11 bits per heavy atom. The average Bonchev–Trinajstić information content (AvgIpc) is 3.50. The highest BCUT2D eigenvalue weighted by molar-refractivity contribution is 5.91. The molecule has 2 atom stereocenters. The van der Waals surface area contributed by atoms with Gasteiger partial charge in [-0.2, -0.15) is 0 Å². The van der Waals surface area contributed by atoms with Crippen LogP contribution < -0.4 is 5.32 Å². The molecule has 2 aliphatic heterocycles. The van der Waals surface area contributed by atoms with Crippen molar-refractivity contribution in [2.24, 2.45) is 5.92 Å². The number of furan rings is 1. The van der Waals surface area contributed by atoms with Crippen LogP contribution in [0.3, 0.4) is 0 Å². The van der Waals surface area contributed by atoms with Crippen LogP contribution in [-0.2, 0) is 9.53 Å². The summed E-state index contributed by atoms with van der Waals surface area (Å²) in [5, 5.41) is 3.15. The Hall–Kier alpha value is -1.86. The van der Waals surface area contributed by atoms with Gasteiger partial charge in [-0.25, -0.2) is 0 Å². The van der Waals surface area contributed by atoms with Crippen LogP contribution in [0.15, 0.2) is 22.8 Å². The number of nitrogens with one attached hydrogen (secondary N) is 1. The van der Waals surface area contributed by atoms with Crippen molar-refractivity contribution >= 4 is 11.8 Å². The van der Waals surface area contributed by atoms with Gasteiger partial charge in [0.25, 0.3) is 5.91 Å². The molecule has 154 valence electrons. The van der Waals surface area contributed by atoms with Crippen LogP contribution in [0.5, 0.6) is 0 Å². The molecule has 2 amide bonds. The quantitative estimate of drug-likeness (QED) is 0.804. The fourth-order valence-corrected chi connectivity index (χ4v) is 4.83. The minimum absolute atomic E-state index is 0.0649. The molecule has 1 aromatic rings. The highest BCUT2D eigenvalue weighted by Crippen LogP contribution is 2.31. The number of rotatable bonds is 6. The Morgan fingerprint density at radius 3 is 2.54 bits per heavy atom. The third-order valence-corrected chi connectivity index (χ3v) is 6.37. The van der Waals surface area contributed by atoms with Crippen LogP contribution in [0.1, 0.15) is 49.1 Å². The van der Waals surface area contributed by atoms with Gasteiger partial charge >= 0.3 is 0 Å². The van der Waals surface area contributed by atoms with Gasteiger partial charge in [0, 0.05) is 39.3 Å². The number of carbonyl (C=O) groups is 2. The maximum Gasteiger partial charge on any atom is 0.289 e. The van der Waals surface area contributed by atoms with Crippen molar-refractivity contribution in [1.29, 1.82) is 0 Å². The van der Waals surface area contributed by atoms with E-state index in [2.05, 4.69) is 10.2 Å². The Kier molecular flexibility index (Phi) is 6.32. The number of nitrogens with zero attached hydrogens (tertiary/aromatic N) is 2. The topological polar surface area (TPSA) is 75.0 Å². The molecule has 1 aromatic heterocycles. The van der Waals surface area contributed by atoms with E-state index in [1.165, 1.54) is 19.1 Å². The van der Waals surface area contributed by atoms with E-state index in [0.29, 0.717) is 31.3 Å². The summed E-state index contributed by atoms with van der Waals surface area (Å²) in [6.45, 7) is 4.11. The van der Waals surface area contributed by atoms with Gasteiger partial charge in [-0.1, -0.05) is 12.8 Å². The van der Waals surface area contributed by atoms with Crippen LogP contribution in [0.25, 0.3) is 0 Å². The van der Waals surface area contributed by atoms with Crippen molar-refractivity contribution in [2.45, 2.75) is 50.7 Å². The summed E-state index contributed by atoms with van der Waals surface area (Å²) in [5.74, 6) is 0.866. The van der Waals surface area contributed by atoms with Crippen molar-refractivity contribution < 1.29 is 18.7 Å². The highest BCUT2D eigenvalue weighted by atomic mass is 16.5. The molecule has 28 heavy (non-hydrogen) atoms. The summed E-state index contributed by atoms with van der Waals surface area (Å²) >= 11 is 0. The summed E-state index contributed by atoms with van der Waals surface area (Å²) in [6, 6.07) is 3.34. The van der Waals surface area contributed by atoms with Crippen LogP contribution in [-0.4, -0.2) is 73.1 Å². The molecular formula is C21H31N3O4. The van der Waals surface area contributed by atoms with Crippen LogP contribution in [0.2, 0.25) is 0 Å². The van der Waals surface area contributed by atoms with Gasteiger partial charge in [-0.15, -0.1) is 0 Å². The lowest BCUT2D eigenvalue weighted by Gasteiger charge is -2.40. The number of hydrogen-bond acceptors (Lipinski definition) is 5. The molecule has 3 heterocycles. The first kappa shape index (κ1) is 19.5. The molecule has 2 saturated heterocycles. The molecule has 2 unspecified atom stereocenters. The van der Waals surface area contributed by atoms with Gasteiger partial charge < -0.3 is 19.4 Å². The first-order valence-electron chi connectivity index (χ1n) is 10.7. The molecular weight excluding hydrogens is 358 g/mol. The zero-order valence-corrected chi connectivity index (χ0v) is 16.5. The standard InChI is InChI=1S/C21H31N3O4/c25-20(22-15-17-7-3-13-27-17)19(16-5-1-2-6-16)23-9-11-24(12-10-23)21(26)18-8-4-14-28-18/h4,8,14,16-17,19H,1-3,5-7,9-13,15H2,(H,22,25). The molecule has 0 radical (unpaired) electrons. The molecule has 0 spiro atoms. The van der Waals surface area contributed by atoms with Crippen LogP contribution in [0.4, 0.5) is 0 Å². The largest absolute Gasteiger partial charge is 0.459 e. The minimum atomic E-state index is -0.0928. The number of amides is 2. The Bertz CT molecular complexity index is 643. The lowest BCUT2D eigenvalue weighted by Crippen LogP contribution is -2.58. The van der Waals surface area contributed by atoms with Gasteiger partial charge in [0.15, 0.2) is 5.76 Å². The predicted molar refractivity (Wildman–Crippen MR) is 104 cm³/mol. The second-order valence-corrected chi connectivity index (χ2v) is 8.18. The molecule has 3 fully saturated rings. The lowest BCUT2D eigenvalue weighted by molar-refractivity contribution is -0.129. The number of ether oxygens (including phenoxy) is 1. The molecule has 1 N–H and O–H groups in total. The van der Waals surface area contributed by atoms with E-state index in [9.17, 15) is 9.59 Å². The minimum Gasteiger partial charge on any atom is -0.459 e. The molecule has 1 aliphatic carbocycles. The summed E-state index contributed by atoms with van der Waals surface area (Å²) in [4.78, 5) is 29.7. The smallest absolute Gasteiger partial charge is 0.289 e. The van der Waals surface area contributed by atoms with Crippen molar-refractivity contribution in [3.8, 4) is 0 Å². The average molecular weight is 389 g/mol. The second kappa shape index (κ2) is 9.09. The maximum atomic E-state index is 13.1. The summed E-state index contributed by atoms with van der Waals surface area (Å²) in [6.07, 6.45) is 8.44. The third-order valence-electron chi connectivity index (χ3n) is 6.37. The first-order valence-corrected chi connectivity index (χ1v) is 10.7. The van der Waals surface area contributed by atoms with Gasteiger partial charge in [0.1, 0.15) is 0 Å². The molecule has 1 saturated carbocycles. The summed E-state index contributed by atoms with van der Waals surface area (Å²) < 4.78 is 10.9. The van der Waals surface area contributed by atoms with Crippen molar-refractivity contribution in [2.75, 3.05) is 39.3 Å². The molecule has 7 heteroatoms. The lowest BCUT2D eigenvalue weighted by atomic mass is 9.95. The normalized spacial score (nSPS) is 25.1. The zero-order valence-electron chi connectivity index (χ0n) is 16.5. The van der Waals surface area contributed by atoms with Gasteiger partial charge in [0.05, 0.1) is 18.4 Å². The molecule has 4 rings (SSSR count). The number of piperazine rings is 1. The van der Waals surface area contributed by atoms with E-state index in [-0.39, 0.29) is 24.0 Å². The van der Waals surface area contributed by atoms with E-state index in [1.54, 1.807) is 12.1 Å². The van der Waals surface area contributed by atoms with Crippen molar-refractivity contribution in [3.63, 3.8) is 0 Å². The maximum absolute atomic E-state index is 13.1. The van der Waals surface area contributed by atoms with Crippen LogP contribution >= 0.6 is 0 Å². The fraction of sp³-hybridized carbons (Fsp3) is 0.714. The van der Waals surface area contributed by atoms with Crippen LogP contribution in [0, 0.1) is 5.92 Å².